The molecule has 1 amide bonds. The molecule has 0 saturated carbocycles. The summed E-state index contributed by atoms with van der Waals surface area (Å²) in [7, 11) is 0. The third-order valence-corrected chi connectivity index (χ3v) is 9.18. The molecule has 4 aromatic rings. The summed E-state index contributed by atoms with van der Waals surface area (Å²) < 4.78 is 94.7. The van der Waals surface area contributed by atoms with E-state index in [1.165, 1.54) is 19.1 Å². The minimum Gasteiger partial charge on any atom is -0.481 e. The Morgan fingerprint density at radius 2 is 1.71 bits per heavy atom. The van der Waals surface area contributed by atoms with Crippen LogP contribution in [0.25, 0.3) is 11.1 Å². The van der Waals surface area contributed by atoms with Gasteiger partial charge in [-0.25, -0.2) is 13.2 Å². The number of aryl methyl sites for hydroxylation is 3. The number of rotatable bonds is 6. The molecule has 4 bridgehead atoms. The fourth-order valence-electron chi connectivity index (χ4n) is 6.80. The first-order valence-corrected chi connectivity index (χ1v) is 16.1. The third-order valence-electron chi connectivity index (χ3n) is 9.18. The minimum atomic E-state index is -4.98. The van der Waals surface area contributed by atoms with E-state index in [0.29, 0.717) is 27.3 Å². The van der Waals surface area contributed by atoms with Crippen LogP contribution in [0.2, 0.25) is 0 Å². The van der Waals surface area contributed by atoms with Crippen LogP contribution in [0, 0.1) is 32.4 Å². The molecule has 268 valence electrons. The van der Waals surface area contributed by atoms with Gasteiger partial charge in [-0.05, 0) is 91.4 Å². The van der Waals surface area contributed by atoms with Gasteiger partial charge in [-0.3, -0.25) is 23.9 Å². The standard InChI is InChI=1S/C37H33F6N3O5/c1-18-8-19(2)33-22-10-20(3)34(40)26(11-22)29(14-32(48)49)44-36(50)35(25-12-24(4-5-28(25)39)51-30(33)9-18)46-15-21(6-7-45-16-23(38)17-45)27(13-31(46)47)37(41,42)43/h4-5,8-13,15,23,29,35H,6-7,14,16-17H2,1-3H3,(H,44,50)(H,48,49)/t29-,35-/m0/s1. The van der Waals surface area contributed by atoms with Crippen molar-refractivity contribution >= 4 is 11.9 Å². The number of likely N-dealkylation sites (tertiary alicyclic amines) is 1. The van der Waals surface area contributed by atoms with E-state index >= 15 is 8.78 Å². The van der Waals surface area contributed by atoms with Crippen molar-refractivity contribution in [3.05, 3.63) is 116 Å². The van der Waals surface area contributed by atoms with Gasteiger partial charge in [0.15, 0.2) is 0 Å². The van der Waals surface area contributed by atoms with Crippen molar-refractivity contribution in [3.63, 3.8) is 0 Å². The van der Waals surface area contributed by atoms with Crippen LogP contribution < -0.4 is 15.6 Å². The molecule has 14 heteroatoms. The van der Waals surface area contributed by atoms with E-state index in [4.69, 9.17) is 4.74 Å². The van der Waals surface area contributed by atoms with E-state index in [-0.39, 0.29) is 48.7 Å². The number of hydrogen-bond acceptors (Lipinski definition) is 5. The highest BCUT2D eigenvalue weighted by molar-refractivity contribution is 5.85. The van der Waals surface area contributed by atoms with Crippen LogP contribution in [-0.2, 0) is 22.2 Å². The van der Waals surface area contributed by atoms with Crippen LogP contribution in [0.15, 0.2) is 59.5 Å². The second-order valence-corrected chi connectivity index (χ2v) is 13.1. The van der Waals surface area contributed by atoms with Crippen LogP contribution in [0.1, 0.15) is 57.4 Å². The number of alkyl halides is 4. The van der Waals surface area contributed by atoms with Crippen LogP contribution in [-0.4, -0.2) is 52.3 Å². The summed E-state index contributed by atoms with van der Waals surface area (Å²) in [6, 6.07) is 6.57. The van der Waals surface area contributed by atoms with Gasteiger partial charge in [0.05, 0.1) is 18.0 Å². The number of fused-ring (bicyclic) bond motifs is 6. The Bertz CT molecular complexity index is 2110. The predicted octanol–water partition coefficient (Wildman–Crippen LogP) is 6.96. The maximum Gasteiger partial charge on any atom is 0.416 e. The lowest BCUT2D eigenvalue weighted by molar-refractivity contribution is -0.139. The Morgan fingerprint density at radius 1 is 0.980 bits per heavy atom. The number of nitrogens with zero attached hydrogens (tertiary/aromatic N) is 2. The van der Waals surface area contributed by atoms with Gasteiger partial charge in [-0.1, -0.05) is 6.07 Å². The second-order valence-electron chi connectivity index (χ2n) is 13.1. The van der Waals surface area contributed by atoms with Gasteiger partial charge in [-0.2, -0.15) is 13.2 Å². The average molecular weight is 714 g/mol. The number of carboxylic acid groups (broad SMARTS) is 1. The molecule has 51 heavy (non-hydrogen) atoms. The van der Waals surface area contributed by atoms with Gasteiger partial charge in [0.2, 0.25) is 5.91 Å². The van der Waals surface area contributed by atoms with Crippen molar-refractivity contribution in [1.29, 1.82) is 0 Å². The summed E-state index contributed by atoms with van der Waals surface area (Å²) in [6.07, 6.45) is -6.41. The number of benzene rings is 3. The van der Waals surface area contributed by atoms with E-state index in [9.17, 15) is 37.1 Å². The Morgan fingerprint density at radius 3 is 2.37 bits per heavy atom. The molecule has 2 aliphatic rings. The van der Waals surface area contributed by atoms with E-state index in [1.807, 2.05) is 13.0 Å². The van der Waals surface area contributed by atoms with Crippen molar-refractivity contribution < 1.29 is 45.8 Å². The van der Waals surface area contributed by atoms with Crippen molar-refractivity contribution in [1.82, 2.24) is 14.8 Å². The lowest BCUT2D eigenvalue weighted by Gasteiger charge is -2.34. The zero-order chi connectivity index (χ0) is 36.9. The quantitative estimate of drug-likeness (QED) is 0.210. The van der Waals surface area contributed by atoms with Crippen molar-refractivity contribution in [2.45, 2.75) is 58.0 Å². The number of carbonyl (C=O) groups is 2. The predicted molar refractivity (Wildman–Crippen MR) is 175 cm³/mol. The molecule has 1 aromatic heterocycles. The molecule has 0 unspecified atom stereocenters. The van der Waals surface area contributed by atoms with Crippen LogP contribution >= 0.6 is 0 Å². The molecule has 0 spiro atoms. The molecule has 8 nitrogen and oxygen atoms in total. The fourth-order valence-corrected chi connectivity index (χ4v) is 6.80. The molecule has 2 aliphatic heterocycles. The zero-order valence-electron chi connectivity index (χ0n) is 27.7. The number of aliphatic carboxylic acids is 1. The normalized spacial score (nSPS) is 18.0. The van der Waals surface area contributed by atoms with Crippen LogP contribution in [0.3, 0.4) is 0 Å². The Balaban J connectivity index is 1.59. The molecule has 2 N–H and O–H groups in total. The third kappa shape index (κ3) is 7.23. The number of nitrogens with one attached hydrogen (secondary N) is 1. The molecule has 3 aromatic carbocycles. The van der Waals surface area contributed by atoms with Gasteiger partial charge in [0.1, 0.15) is 35.3 Å². The summed E-state index contributed by atoms with van der Waals surface area (Å²) in [6.45, 7) is 5.11. The van der Waals surface area contributed by atoms with E-state index < -0.39 is 76.6 Å². The maximum atomic E-state index is 15.9. The maximum absolute atomic E-state index is 15.9. The smallest absolute Gasteiger partial charge is 0.416 e. The lowest BCUT2D eigenvalue weighted by Crippen LogP contribution is -2.49. The highest BCUT2D eigenvalue weighted by Gasteiger charge is 2.38. The summed E-state index contributed by atoms with van der Waals surface area (Å²) in [4.78, 5) is 41.5. The van der Waals surface area contributed by atoms with Crippen LogP contribution in [0.4, 0.5) is 26.3 Å². The lowest BCUT2D eigenvalue weighted by atomic mass is 9.91. The highest BCUT2D eigenvalue weighted by atomic mass is 19.4. The van der Waals surface area contributed by atoms with Gasteiger partial charge in [0, 0.05) is 48.6 Å². The topological polar surface area (TPSA) is 101 Å². The van der Waals surface area contributed by atoms with E-state index in [1.54, 1.807) is 24.0 Å². The van der Waals surface area contributed by atoms with Gasteiger partial charge in [0.25, 0.3) is 5.56 Å². The van der Waals surface area contributed by atoms with Gasteiger partial charge >= 0.3 is 12.1 Å². The number of carboxylic acids is 1. The molecule has 1 fully saturated rings. The van der Waals surface area contributed by atoms with Crippen molar-refractivity contribution in [2.24, 2.45) is 0 Å². The van der Waals surface area contributed by atoms with E-state index in [2.05, 4.69) is 5.32 Å². The SMILES string of the molecule is Cc1cc(C)c2c(c1)Oc1ccc(F)c(c1)[C@H](n1cc(CCN3CC(F)C3)c(C(F)(F)F)cc1=O)C(=O)N[C@@H](CC(=O)O)c1cc-2cc(C)c1F. The number of aromatic nitrogens is 1. The Kier molecular flexibility index (Phi) is 9.49. The highest BCUT2D eigenvalue weighted by Crippen LogP contribution is 2.41. The molecular formula is C37H33F6N3O5. The largest absolute Gasteiger partial charge is 0.481 e. The van der Waals surface area contributed by atoms with Crippen LogP contribution in [0.5, 0.6) is 11.5 Å². The Labute approximate surface area is 288 Å². The molecule has 0 aliphatic carbocycles. The zero-order valence-corrected chi connectivity index (χ0v) is 27.7. The number of halogens is 6. The number of pyridine rings is 1. The first-order valence-electron chi connectivity index (χ1n) is 16.1. The molecule has 1 saturated heterocycles. The summed E-state index contributed by atoms with van der Waals surface area (Å²) >= 11 is 0. The summed E-state index contributed by atoms with van der Waals surface area (Å²) in [5.41, 5.74) is -1.17. The van der Waals surface area contributed by atoms with Gasteiger partial charge in [-0.15, -0.1) is 0 Å². The fraction of sp³-hybridized carbons (Fsp3) is 0.324. The molecule has 2 atom stereocenters. The first kappa shape index (κ1) is 35.7. The Hall–Kier alpha value is -5.11. The molecule has 3 heterocycles. The average Bonchev–Trinajstić information content (AvgIpc) is 3.01. The number of amides is 1. The second kappa shape index (κ2) is 13.5. The molecule has 0 radical (unpaired) electrons. The monoisotopic (exact) mass is 713 g/mol. The number of carbonyl (C=O) groups excluding carboxylic acids is 1. The first-order chi connectivity index (χ1) is 24.0. The molecular weight excluding hydrogens is 680 g/mol. The van der Waals surface area contributed by atoms with E-state index in [0.717, 1.165) is 23.9 Å². The number of hydrogen-bond donors (Lipinski definition) is 2. The minimum absolute atomic E-state index is 0.00412. The van der Waals surface area contributed by atoms with Crippen molar-refractivity contribution in [2.75, 3.05) is 19.6 Å². The summed E-state index contributed by atoms with van der Waals surface area (Å²) in [5, 5.41) is 12.3. The summed E-state index contributed by atoms with van der Waals surface area (Å²) in [5.74, 6) is -4.20. The number of ether oxygens (including phenoxy) is 1. The van der Waals surface area contributed by atoms with Crippen molar-refractivity contribution in [3.8, 4) is 22.6 Å². The van der Waals surface area contributed by atoms with Gasteiger partial charge < -0.3 is 15.2 Å². The molecule has 6 rings (SSSR count).